The Morgan fingerprint density at radius 3 is 2.35 bits per heavy atom. The number of nitrogens with one attached hydrogen (secondary N) is 1. The van der Waals surface area contributed by atoms with Gasteiger partial charge >= 0.3 is 0 Å². The summed E-state index contributed by atoms with van der Waals surface area (Å²) in [5, 5.41) is 3.43. The van der Waals surface area contributed by atoms with E-state index in [1.807, 2.05) is 11.8 Å². The number of hydrogen-bond donors (Lipinski definition) is 1. The van der Waals surface area contributed by atoms with Crippen molar-refractivity contribution in [3.63, 3.8) is 0 Å². The molecule has 2 aromatic rings. The van der Waals surface area contributed by atoms with Crippen LogP contribution in [-0.2, 0) is 0 Å². The number of aryl methyl sites for hydroxylation is 1. The van der Waals surface area contributed by atoms with Crippen LogP contribution in [0.15, 0.2) is 58.3 Å². The molecule has 1 fully saturated rings. The quantitative estimate of drug-likeness (QED) is 0.882. The van der Waals surface area contributed by atoms with Crippen LogP contribution in [0.4, 0.5) is 0 Å². The van der Waals surface area contributed by atoms with Gasteiger partial charge in [-0.2, -0.15) is 0 Å². The highest BCUT2D eigenvalue weighted by Crippen LogP contribution is 2.32. The smallest absolute Gasteiger partial charge is 0.0151 e. The third-order valence-corrected chi connectivity index (χ3v) is 5.20. The van der Waals surface area contributed by atoms with Crippen molar-refractivity contribution in [2.45, 2.75) is 35.5 Å². The molecule has 0 saturated carbocycles. The van der Waals surface area contributed by atoms with Gasteiger partial charge in [0.05, 0.1) is 0 Å². The van der Waals surface area contributed by atoms with Gasteiger partial charge in [-0.3, -0.25) is 0 Å². The molecule has 0 aromatic heterocycles. The van der Waals surface area contributed by atoms with Crippen molar-refractivity contribution in [3.05, 3.63) is 59.7 Å². The Morgan fingerprint density at radius 1 is 0.950 bits per heavy atom. The molecule has 0 spiro atoms. The Hall–Kier alpha value is -1.25. The van der Waals surface area contributed by atoms with Crippen molar-refractivity contribution >= 4 is 11.8 Å². The maximum Gasteiger partial charge on any atom is 0.0151 e. The molecule has 104 valence electrons. The SMILES string of the molecule is Cc1ccccc1Sc1ccc(C2CCNCC2)cc1. The van der Waals surface area contributed by atoms with Crippen LogP contribution >= 0.6 is 11.8 Å². The van der Waals surface area contributed by atoms with Gasteiger partial charge in [0, 0.05) is 9.79 Å². The monoisotopic (exact) mass is 283 g/mol. The minimum absolute atomic E-state index is 0.744. The van der Waals surface area contributed by atoms with Gasteiger partial charge in [0.15, 0.2) is 0 Å². The largest absolute Gasteiger partial charge is 0.317 e. The van der Waals surface area contributed by atoms with Crippen molar-refractivity contribution in [1.82, 2.24) is 5.32 Å². The zero-order valence-corrected chi connectivity index (χ0v) is 12.7. The molecule has 1 heterocycles. The van der Waals surface area contributed by atoms with E-state index in [1.165, 1.54) is 33.8 Å². The van der Waals surface area contributed by atoms with E-state index in [0.717, 1.165) is 19.0 Å². The highest BCUT2D eigenvalue weighted by molar-refractivity contribution is 7.99. The first-order chi connectivity index (χ1) is 9.83. The molecule has 2 heteroatoms. The summed E-state index contributed by atoms with van der Waals surface area (Å²) in [7, 11) is 0. The Labute approximate surface area is 125 Å². The number of benzene rings is 2. The molecule has 1 saturated heterocycles. The second kappa shape index (κ2) is 6.47. The van der Waals surface area contributed by atoms with Gasteiger partial charge in [-0.25, -0.2) is 0 Å². The zero-order chi connectivity index (χ0) is 13.8. The fraction of sp³-hybridized carbons (Fsp3) is 0.333. The molecule has 2 aromatic carbocycles. The van der Waals surface area contributed by atoms with E-state index in [2.05, 4.69) is 60.8 Å². The molecule has 1 aliphatic rings. The molecular formula is C18H21NS. The van der Waals surface area contributed by atoms with Gasteiger partial charge in [-0.15, -0.1) is 0 Å². The van der Waals surface area contributed by atoms with Crippen molar-refractivity contribution in [2.24, 2.45) is 0 Å². The molecule has 0 bridgehead atoms. The lowest BCUT2D eigenvalue weighted by molar-refractivity contribution is 0.460. The molecule has 0 amide bonds. The predicted molar refractivity (Wildman–Crippen MR) is 86.6 cm³/mol. The maximum absolute atomic E-state index is 3.43. The number of piperidine rings is 1. The van der Waals surface area contributed by atoms with E-state index in [-0.39, 0.29) is 0 Å². The summed E-state index contributed by atoms with van der Waals surface area (Å²) in [6.45, 7) is 4.49. The summed E-state index contributed by atoms with van der Waals surface area (Å²) < 4.78 is 0. The van der Waals surface area contributed by atoms with Crippen molar-refractivity contribution in [1.29, 1.82) is 0 Å². The summed E-state index contributed by atoms with van der Waals surface area (Å²) in [6, 6.07) is 17.8. The minimum atomic E-state index is 0.744. The fourth-order valence-corrected chi connectivity index (χ4v) is 3.66. The van der Waals surface area contributed by atoms with E-state index in [4.69, 9.17) is 0 Å². The van der Waals surface area contributed by atoms with Crippen molar-refractivity contribution in [3.8, 4) is 0 Å². The Kier molecular flexibility index (Phi) is 4.44. The lowest BCUT2D eigenvalue weighted by atomic mass is 9.90. The first-order valence-corrected chi connectivity index (χ1v) is 8.19. The van der Waals surface area contributed by atoms with E-state index >= 15 is 0 Å². The standard InChI is InChI=1S/C18H21NS/c1-14-4-2-3-5-18(14)20-17-8-6-15(7-9-17)16-10-12-19-13-11-16/h2-9,16,19H,10-13H2,1H3. The normalized spacial score (nSPS) is 16.2. The molecular weight excluding hydrogens is 262 g/mol. The van der Waals surface area contributed by atoms with E-state index in [1.54, 1.807) is 0 Å². The van der Waals surface area contributed by atoms with Crippen LogP contribution in [0.5, 0.6) is 0 Å². The zero-order valence-electron chi connectivity index (χ0n) is 11.9. The minimum Gasteiger partial charge on any atom is -0.317 e. The molecule has 20 heavy (non-hydrogen) atoms. The van der Waals surface area contributed by atoms with Crippen LogP contribution in [0.1, 0.15) is 29.9 Å². The molecule has 0 unspecified atom stereocenters. The van der Waals surface area contributed by atoms with Crippen LogP contribution < -0.4 is 5.32 Å². The highest BCUT2D eigenvalue weighted by atomic mass is 32.2. The Balaban J connectivity index is 1.71. The van der Waals surface area contributed by atoms with Gasteiger partial charge in [0.1, 0.15) is 0 Å². The number of rotatable bonds is 3. The lowest BCUT2D eigenvalue weighted by Gasteiger charge is -2.23. The third-order valence-electron chi connectivity index (χ3n) is 4.01. The van der Waals surface area contributed by atoms with Crippen LogP contribution in [0.3, 0.4) is 0 Å². The average Bonchev–Trinajstić information content (AvgIpc) is 2.51. The van der Waals surface area contributed by atoms with Crippen LogP contribution in [-0.4, -0.2) is 13.1 Å². The molecule has 1 nitrogen and oxygen atoms in total. The van der Waals surface area contributed by atoms with Crippen LogP contribution in [0.25, 0.3) is 0 Å². The Bertz CT molecular complexity index is 556. The molecule has 0 atom stereocenters. The topological polar surface area (TPSA) is 12.0 Å². The fourth-order valence-electron chi connectivity index (χ4n) is 2.76. The van der Waals surface area contributed by atoms with E-state index in [0.29, 0.717) is 0 Å². The molecule has 0 radical (unpaired) electrons. The molecule has 0 aliphatic carbocycles. The predicted octanol–water partition coefficient (Wildman–Crippen LogP) is 4.61. The van der Waals surface area contributed by atoms with Gasteiger partial charge in [-0.1, -0.05) is 42.1 Å². The molecule has 1 N–H and O–H groups in total. The lowest BCUT2D eigenvalue weighted by Crippen LogP contribution is -2.26. The maximum atomic E-state index is 3.43. The molecule has 1 aliphatic heterocycles. The summed E-state index contributed by atoms with van der Waals surface area (Å²) in [5.74, 6) is 0.744. The van der Waals surface area contributed by atoms with E-state index in [9.17, 15) is 0 Å². The Morgan fingerprint density at radius 2 is 1.65 bits per heavy atom. The number of hydrogen-bond acceptors (Lipinski definition) is 2. The molecule has 3 rings (SSSR count). The highest BCUT2D eigenvalue weighted by Gasteiger charge is 2.14. The van der Waals surface area contributed by atoms with Crippen molar-refractivity contribution in [2.75, 3.05) is 13.1 Å². The second-order valence-electron chi connectivity index (χ2n) is 5.46. The van der Waals surface area contributed by atoms with Crippen LogP contribution in [0.2, 0.25) is 0 Å². The van der Waals surface area contributed by atoms with Crippen LogP contribution in [0, 0.1) is 6.92 Å². The second-order valence-corrected chi connectivity index (χ2v) is 6.58. The van der Waals surface area contributed by atoms with Crippen molar-refractivity contribution < 1.29 is 0 Å². The summed E-state index contributed by atoms with van der Waals surface area (Å²) >= 11 is 1.86. The summed E-state index contributed by atoms with van der Waals surface area (Å²) in [4.78, 5) is 2.68. The first-order valence-electron chi connectivity index (χ1n) is 7.37. The average molecular weight is 283 g/mol. The van der Waals surface area contributed by atoms with Gasteiger partial charge in [0.25, 0.3) is 0 Å². The van der Waals surface area contributed by atoms with Gasteiger partial charge < -0.3 is 5.32 Å². The van der Waals surface area contributed by atoms with Gasteiger partial charge in [0.2, 0.25) is 0 Å². The summed E-state index contributed by atoms with van der Waals surface area (Å²) in [6.07, 6.45) is 2.54. The van der Waals surface area contributed by atoms with E-state index < -0.39 is 0 Å². The third kappa shape index (κ3) is 3.25. The summed E-state index contributed by atoms with van der Waals surface area (Å²) in [5.41, 5.74) is 2.85. The van der Waals surface area contributed by atoms with Gasteiger partial charge in [-0.05, 0) is 68.1 Å². The first kappa shape index (κ1) is 13.7.